The molecular formula is C67H70N4OPt. The summed E-state index contributed by atoms with van der Waals surface area (Å²) in [6.45, 7) is 32.0. The quantitative estimate of drug-likeness (QED) is 0.135. The second-order valence-electron chi connectivity index (χ2n) is 23.6. The van der Waals surface area contributed by atoms with Gasteiger partial charge in [0.15, 0.2) is 0 Å². The van der Waals surface area contributed by atoms with Crippen molar-refractivity contribution < 1.29 is 25.8 Å². The molecule has 1 aliphatic heterocycles. The number of hydrogen-bond donors (Lipinski definition) is 0. The van der Waals surface area contributed by atoms with Gasteiger partial charge in [0, 0.05) is 51.1 Å². The number of rotatable bonds is 9. The summed E-state index contributed by atoms with van der Waals surface area (Å²) in [6, 6.07) is 64.6. The van der Waals surface area contributed by atoms with Gasteiger partial charge in [0.1, 0.15) is 5.82 Å². The van der Waals surface area contributed by atoms with Gasteiger partial charge in [0.25, 0.3) is 0 Å². The average Bonchev–Trinajstić information content (AvgIpc) is 3.89. The van der Waals surface area contributed by atoms with E-state index in [0.717, 1.165) is 50.4 Å². The fraction of sp³-hybridized carbons (Fsp3) is 0.269. The van der Waals surface area contributed by atoms with Crippen molar-refractivity contribution in [3.05, 3.63) is 229 Å². The Hall–Kier alpha value is -6.42. The van der Waals surface area contributed by atoms with Crippen LogP contribution in [0.5, 0.6) is 11.5 Å². The van der Waals surface area contributed by atoms with Gasteiger partial charge in [-0.05, 0) is 103 Å². The van der Waals surface area contributed by atoms with E-state index < -0.39 is 0 Å². The number of fused-ring (bicyclic) bond motifs is 4. The van der Waals surface area contributed by atoms with E-state index in [-0.39, 0.29) is 55.6 Å². The van der Waals surface area contributed by atoms with Crippen LogP contribution in [0.25, 0.3) is 27.6 Å². The Bertz CT molecular complexity index is 3440. The van der Waals surface area contributed by atoms with Crippen LogP contribution in [0.15, 0.2) is 164 Å². The maximum atomic E-state index is 6.83. The third-order valence-electron chi connectivity index (χ3n) is 14.8. The first-order chi connectivity index (χ1) is 33.6. The molecule has 0 N–H and O–H groups in total. The monoisotopic (exact) mass is 1140 g/mol. The summed E-state index contributed by atoms with van der Waals surface area (Å²) in [7, 11) is 0. The molecule has 2 aromatic heterocycles. The summed E-state index contributed by atoms with van der Waals surface area (Å²) in [5, 5.41) is 2.26. The van der Waals surface area contributed by atoms with Gasteiger partial charge in [0.2, 0.25) is 0 Å². The van der Waals surface area contributed by atoms with E-state index in [1.54, 1.807) is 0 Å². The number of anilines is 4. The Kier molecular flexibility index (Phi) is 14.1. The Labute approximate surface area is 450 Å². The van der Waals surface area contributed by atoms with Gasteiger partial charge >= 0.3 is 21.1 Å². The Morgan fingerprint density at radius 3 is 1.60 bits per heavy atom. The number of benzene rings is 7. The van der Waals surface area contributed by atoms with Crippen molar-refractivity contribution in [3.63, 3.8) is 0 Å². The van der Waals surface area contributed by atoms with Gasteiger partial charge in [-0.25, -0.2) is 4.98 Å². The number of aromatic nitrogens is 2. The van der Waals surface area contributed by atoms with E-state index in [2.05, 4.69) is 269 Å². The Balaban J connectivity index is 0.00000356. The predicted octanol–water partition coefficient (Wildman–Crippen LogP) is 18.0. The Morgan fingerprint density at radius 1 is 0.466 bits per heavy atom. The summed E-state index contributed by atoms with van der Waals surface area (Å²) < 4.78 is 9.07. The minimum atomic E-state index is -0.341. The maximum absolute atomic E-state index is 6.83. The summed E-state index contributed by atoms with van der Waals surface area (Å²) >= 11 is 0. The van der Waals surface area contributed by atoms with Crippen LogP contribution < -0.4 is 14.5 Å². The molecular weight excluding hydrogens is 1070 g/mol. The molecule has 0 saturated carbocycles. The molecule has 0 amide bonds. The molecule has 0 atom stereocenters. The summed E-state index contributed by atoms with van der Waals surface area (Å²) in [5.74, 6) is 2.05. The van der Waals surface area contributed by atoms with Gasteiger partial charge in [-0.2, -0.15) is 12.1 Å². The first-order valence-corrected chi connectivity index (χ1v) is 25.1. The molecule has 7 aromatic carbocycles. The second-order valence-corrected chi connectivity index (χ2v) is 23.6. The van der Waals surface area contributed by atoms with Crippen molar-refractivity contribution in [2.24, 2.45) is 0 Å². The van der Waals surface area contributed by atoms with Crippen molar-refractivity contribution in [2.45, 2.75) is 117 Å². The minimum absolute atomic E-state index is 0. The Morgan fingerprint density at radius 2 is 1.00 bits per heavy atom. The smallest absolute Gasteiger partial charge is 0.509 e. The van der Waals surface area contributed by atoms with Crippen LogP contribution in [0.3, 0.4) is 0 Å². The van der Waals surface area contributed by atoms with Crippen LogP contribution >= 0.6 is 0 Å². The third kappa shape index (κ3) is 9.91. The molecule has 0 aliphatic carbocycles. The maximum Gasteiger partial charge on any atom is 4.00 e. The van der Waals surface area contributed by atoms with Crippen LogP contribution in [-0.4, -0.2) is 9.55 Å². The average molecular weight is 1140 g/mol. The molecule has 3 heterocycles. The fourth-order valence-corrected chi connectivity index (χ4v) is 10.2. The van der Waals surface area contributed by atoms with Crippen LogP contribution in [0.2, 0.25) is 0 Å². The number of hydrogen-bond acceptors (Lipinski definition) is 4. The van der Waals surface area contributed by atoms with Crippen LogP contribution in [-0.2, 0) is 48.1 Å². The third-order valence-corrected chi connectivity index (χ3v) is 14.8. The predicted molar refractivity (Wildman–Crippen MR) is 304 cm³/mol. The van der Waals surface area contributed by atoms with Crippen molar-refractivity contribution in [3.8, 4) is 17.3 Å². The first kappa shape index (κ1) is 52.9. The molecule has 0 spiro atoms. The number of nitrogens with zero attached hydrogens (tertiary/aromatic N) is 4. The molecule has 0 saturated heterocycles. The summed E-state index contributed by atoms with van der Waals surface area (Å²) in [4.78, 5) is 9.58. The van der Waals surface area contributed by atoms with Gasteiger partial charge < -0.3 is 26.5 Å². The SMILES string of the molecule is CC(C)(C)c1cccc(N2[CH-]N(c3[c-]c(Oc4[c-]c5c(cc4)c4cc(C(C)(C)C)ccc4n5-c4cc(C(C)(C)C)ccn4)ccc3)c3cc(C(C)(C)c4ccccc4)c(C(C)(C)c4ccccc4)cc32)c1.[CH3-].[Pt+4]. The molecule has 1 aliphatic rings. The number of pyridine rings is 1. The zero-order chi connectivity index (χ0) is 50.3. The number of ether oxygens (including phenoxy) is 1. The molecule has 5 nitrogen and oxygen atoms in total. The normalized spacial score (nSPS) is 13.2. The minimum Gasteiger partial charge on any atom is -0.509 e. The molecule has 0 unspecified atom stereocenters. The molecule has 0 fully saturated rings. The van der Waals surface area contributed by atoms with Crippen LogP contribution in [0.4, 0.5) is 22.7 Å². The van der Waals surface area contributed by atoms with Gasteiger partial charge in [-0.15, -0.1) is 48.1 Å². The largest absolute Gasteiger partial charge is 4.00 e. The molecule has 9 aromatic rings. The first-order valence-electron chi connectivity index (χ1n) is 25.1. The van der Waals surface area contributed by atoms with E-state index in [4.69, 9.17) is 9.72 Å². The topological polar surface area (TPSA) is 33.5 Å². The molecule has 0 bridgehead atoms. The van der Waals surface area contributed by atoms with Crippen LogP contribution in [0, 0.1) is 26.2 Å². The van der Waals surface area contributed by atoms with E-state index in [1.807, 2.05) is 18.3 Å². The van der Waals surface area contributed by atoms with Crippen molar-refractivity contribution in [2.75, 3.05) is 9.80 Å². The van der Waals surface area contributed by atoms with E-state index in [9.17, 15) is 0 Å². The van der Waals surface area contributed by atoms with Crippen LogP contribution in [0.1, 0.15) is 129 Å². The van der Waals surface area contributed by atoms with Crippen molar-refractivity contribution >= 4 is 44.6 Å². The van der Waals surface area contributed by atoms with Gasteiger partial charge in [0.05, 0.1) is 0 Å². The zero-order valence-corrected chi connectivity index (χ0v) is 47.5. The molecule has 73 heavy (non-hydrogen) atoms. The van der Waals surface area contributed by atoms with Crippen molar-refractivity contribution in [1.29, 1.82) is 0 Å². The molecule has 10 rings (SSSR count). The van der Waals surface area contributed by atoms with Crippen molar-refractivity contribution in [1.82, 2.24) is 9.55 Å². The molecule has 6 heteroatoms. The summed E-state index contributed by atoms with van der Waals surface area (Å²) in [5.41, 5.74) is 14.2. The fourth-order valence-electron chi connectivity index (χ4n) is 10.2. The second kappa shape index (κ2) is 19.5. The molecule has 0 radical (unpaired) electrons. The molecule has 374 valence electrons. The van der Waals surface area contributed by atoms with Gasteiger partial charge in [-0.3, -0.25) is 0 Å². The van der Waals surface area contributed by atoms with E-state index >= 15 is 0 Å². The van der Waals surface area contributed by atoms with Gasteiger partial charge in [-0.1, -0.05) is 180 Å². The zero-order valence-electron chi connectivity index (χ0n) is 45.2. The van der Waals surface area contributed by atoms with E-state index in [0.29, 0.717) is 11.5 Å². The van der Waals surface area contributed by atoms with E-state index in [1.165, 1.54) is 38.9 Å². The standard InChI is InChI=1S/C66H67N4O.CH3.Pt/c1-62(2,3)46-26-20-27-49(36-46)68-43-69(60-42-56(66(12,13)45-24-18-15-19-25-45)55(41-59(60)68)65(10,11)44-22-16-14-17-23-44)50-28-21-29-51(39-50)71-52-31-32-53-54-37-47(63(4,5)6)30-33-57(54)70(58(53)40-52)61-38-48(34-35-67-61)64(7,8)9;;/h14-38,41-43H,1-13H3;1H3;/q-3;-1;+4. The summed E-state index contributed by atoms with van der Waals surface area (Å²) in [6.07, 6.45) is 1.92.